The summed E-state index contributed by atoms with van der Waals surface area (Å²) in [5.41, 5.74) is 11.0. The van der Waals surface area contributed by atoms with Crippen LogP contribution in [0.5, 0.6) is 0 Å². The smallest absolute Gasteiger partial charge is 0.322 e. The number of nitrogens with two attached hydrogens (primary N) is 2. The molecule has 0 aliphatic heterocycles. The third-order valence-electron chi connectivity index (χ3n) is 5.27. The standard InChI is InChI=1S/C24H36N8O7/c1-13(19(35)28-12-18(33)34)31-23(39)17(10-7-11-27-24(25)26)32-21(37)15(3)29-20(36)14(2)30-22(38)16-8-5-4-6-9-16/h4-6,8-9,13-15,17H,7,10-12H2,1-3H3,(H,28,35)(H,29,36)(H,30,38)(H,31,39)(H,32,37)(H,33,34)(H4,25,26,27)/t13-,14-,15-,17-/m0/s1. The molecular formula is C24H36N8O7. The highest BCUT2D eigenvalue weighted by Crippen LogP contribution is 2.02. The van der Waals surface area contributed by atoms with Crippen molar-refractivity contribution in [1.29, 1.82) is 0 Å². The molecule has 214 valence electrons. The van der Waals surface area contributed by atoms with Crippen molar-refractivity contribution in [2.24, 2.45) is 16.5 Å². The van der Waals surface area contributed by atoms with Gasteiger partial charge in [-0.2, -0.15) is 0 Å². The lowest BCUT2D eigenvalue weighted by molar-refractivity contribution is -0.138. The lowest BCUT2D eigenvalue weighted by Gasteiger charge is -2.23. The Labute approximate surface area is 225 Å². The number of rotatable bonds is 15. The predicted octanol–water partition coefficient (Wildman–Crippen LogP) is -2.45. The number of carboxylic acid groups (broad SMARTS) is 1. The van der Waals surface area contributed by atoms with Crippen molar-refractivity contribution in [3.8, 4) is 0 Å². The van der Waals surface area contributed by atoms with Gasteiger partial charge in [0.2, 0.25) is 23.6 Å². The third-order valence-corrected chi connectivity index (χ3v) is 5.27. The largest absolute Gasteiger partial charge is 0.480 e. The van der Waals surface area contributed by atoms with E-state index in [2.05, 4.69) is 31.6 Å². The minimum atomic E-state index is -1.25. The van der Waals surface area contributed by atoms with Gasteiger partial charge in [0.05, 0.1) is 0 Å². The molecule has 0 saturated carbocycles. The second kappa shape index (κ2) is 16.2. The first-order chi connectivity index (χ1) is 18.3. The molecule has 15 heteroatoms. The van der Waals surface area contributed by atoms with E-state index < -0.39 is 66.2 Å². The average Bonchev–Trinajstić information content (AvgIpc) is 2.88. The van der Waals surface area contributed by atoms with Crippen LogP contribution >= 0.6 is 0 Å². The van der Waals surface area contributed by atoms with Gasteiger partial charge in [0.1, 0.15) is 30.7 Å². The number of nitrogens with one attached hydrogen (secondary N) is 5. The van der Waals surface area contributed by atoms with E-state index in [0.29, 0.717) is 12.0 Å². The molecule has 0 aliphatic rings. The van der Waals surface area contributed by atoms with E-state index in [0.717, 1.165) is 0 Å². The highest BCUT2D eigenvalue weighted by molar-refractivity contribution is 5.98. The molecule has 1 aromatic rings. The van der Waals surface area contributed by atoms with Crippen LogP contribution < -0.4 is 38.1 Å². The van der Waals surface area contributed by atoms with Crippen molar-refractivity contribution in [2.75, 3.05) is 13.1 Å². The van der Waals surface area contributed by atoms with E-state index in [1.165, 1.54) is 20.8 Å². The number of amides is 5. The second-order valence-electron chi connectivity index (χ2n) is 8.64. The van der Waals surface area contributed by atoms with Crippen molar-refractivity contribution in [1.82, 2.24) is 26.6 Å². The van der Waals surface area contributed by atoms with Gasteiger partial charge < -0.3 is 43.2 Å². The molecule has 15 nitrogen and oxygen atoms in total. The van der Waals surface area contributed by atoms with Crippen molar-refractivity contribution in [3.05, 3.63) is 35.9 Å². The summed E-state index contributed by atoms with van der Waals surface area (Å²) < 4.78 is 0. The molecule has 0 heterocycles. The lowest BCUT2D eigenvalue weighted by atomic mass is 10.1. The molecule has 0 fully saturated rings. The summed E-state index contributed by atoms with van der Waals surface area (Å²) in [4.78, 5) is 76.9. The van der Waals surface area contributed by atoms with Gasteiger partial charge >= 0.3 is 5.97 Å². The number of benzene rings is 1. The maximum atomic E-state index is 12.8. The number of carboxylic acids is 1. The van der Waals surface area contributed by atoms with Gasteiger partial charge in [-0.3, -0.25) is 33.8 Å². The van der Waals surface area contributed by atoms with Crippen LogP contribution in [0.2, 0.25) is 0 Å². The molecule has 5 amide bonds. The quantitative estimate of drug-likeness (QED) is 0.0657. The van der Waals surface area contributed by atoms with Crippen LogP contribution in [0.25, 0.3) is 0 Å². The Balaban J connectivity index is 2.77. The Bertz CT molecular complexity index is 1060. The monoisotopic (exact) mass is 548 g/mol. The molecule has 0 aromatic heterocycles. The molecule has 0 bridgehead atoms. The number of guanidine groups is 1. The van der Waals surface area contributed by atoms with Crippen LogP contribution in [0, 0.1) is 0 Å². The van der Waals surface area contributed by atoms with Gasteiger partial charge in [-0.15, -0.1) is 0 Å². The van der Waals surface area contributed by atoms with Crippen molar-refractivity contribution in [2.45, 2.75) is 57.8 Å². The number of aliphatic imine (C=N–C) groups is 1. The first-order valence-electron chi connectivity index (χ1n) is 12.1. The van der Waals surface area contributed by atoms with Gasteiger partial charge in [-0.25, -0.2) is 0 Å². The SMILES string of the molecule is C[C@H](NC(=O)c1ccccc1)C(=O)N[C@@H](C)C(=O)N[C@@H](CCCN=C(N)N)C(=O)N[C@@H](C)C(=O)NCC(=O)O. The fourth-order valence-electron chi connectivity index (χ4n) is 3.10. The summed E-state index contributed by atoms with van der Waals surface area (Å²) in [6.07, 6.45) is 0.376. The molecule has 4 atom stereocenters. The zero-order chi connectivity index (χ0) is 29.5. The summed E-state index contributed by atoms with van der Waals surface area (Å²) in [7, 11) is 0. The molecule has 10 N–H and O–H groups in total. The Morgan fingerprint density at radius 2 is 1.33 bits per heavy atom. The van der Waals surface area contributed by atoms with Gasteiger partial charge in [0.25, 0.3) is 5.91 Å². The first-order valence-corrected chi connectivity index (χ1v) is 12.1. The molecule has 0 saturated heterocycles. The molecule has 1 aromatic carbocycles. The lowest BCUT2D eigenvalue weighted by Crippen LogP contribution is -2.57. The normalized spacial score (nSPS) is 13.4. The number of hydrogen-bond donors (Lipinski definition) is 8. The van der Waals surface area contributed by atoms with E-state index in [9.17, 15) is 28.8 Å². The molecule has 39 heavy (non-hydrogen) atoms. The van der Waals surface area contributed by atoms with Crippen LogP contribution in [-0.4, -0.2) is 83.8 Å². The van der Waals surface area contributed by atoms with Crippen LogP contribution in [0.15, 0.2) is 35.3 Å². The fraction of sp³-hybridized carbons (Fsp3) is 0.458. The molecule has 0 unspecified atom stereocenters. The Morgan fingerprint density at radius 1 is 0.795 bits per heavy atom. The maximum absolute atomic E-state index is 12.8. The van der Waals surface area contributed by atoms with Crippen LogP contribution in [0.4, 0.5) is 0 Å². The summed E-state index contributed by atoms with van der Waals surface area (Å²) in [5, 5.41) is 20.8. The van der Waals surface area contributed by atoms with Crippen LogP contribution in [0.3, 0.4) is 0 Å². The summed E-state index contributed by atoms with van der Waals surface area (Å²) in [6.45, 7) is 3.74. The second-order valence-corrected chi connectivity index (χ2v) is 8.64. The molecule has 0 radical (unpaired) electrons. The highest BCUT2D eigenvalue weighted by atomic mass is 16.4. The molecule has 0 spiro atoms. The van der Waals surface area contributed by atoms with E-state index in [1.54, 1.807) is 30.3 Å². The number of carbonyl (C=O) groups excluding carboxylic acids is 5. The summed E-state index contributed by atoms with van der Waals surface area (Å²) >= 11 is 0. The number of aliphatic carboxylic acids is 1. The molecule has 0 aliphatic carbocycles. The van der Waals surface area contributed by atoms with Gasteiger partial charge in [0.15, 0.2) is 5.96 Å². The number of nitrogens with zero attached hydrogens (tertiary/aromatic N) is 1. The van der Waals surface area contributed by atoms with E-state index in [-0.39, 0.29) is 18.9 Å². The number of carbonyl (C=O) groups is 6. The Morgan fingerprint density at radius 3 is 1.92 bits per heavy atom. The van der Waals surface area contributed by atoms with Crippen LogP contribution in [0.1, 0.15) is 44.0 Å². The highest BCUT2D eigenvalue weighted by Gasteiger charge is 2.27. The molecular weight excluding hydrogens is 512 g/mol. The maximum Gasteiger partial charge on any atom is 0.322 e. The first kappa shape index (κ1) is 32.3. The Kier molecular flexibility index (Phi) is 13.4. The molecule has 1 rings (SSSR count). The minimum absolute atomic E-state index is 0.0853. The minimum Gasteiger partial charge on any atom is -0.480 e. The van der Waals surface area contributed by atoms with E-state index in [4.69, 9.17) is 16.6 Å². The van der Waals surface area contributed by atoms with E-state index >= 15 is 0 Å². The average molecular weight is 549 g/mol. The summed E-state index contributed by atoms with van der Waals surface area (Å²) in [5.74, 6) is -4.63. The zero-order valence-corrected chi connectivity index (χ0v) is 22.0. The van der Waals surface area contributed by atoms with Crippen LogP contribution in [-0.2, 0) is 24.0 Å². The van der Waals surface area contributed by atoms with Crippen molar-refractivity contribution >= 4 is 41.5 Å². The fourth-order valence-corrected chi connectivity index (χ4v) is 3.10. The predicted molar refractivity (Wildman–Crippen MR) is 141 cm³/mol. The van der Waals surface area contributed by atoms with Gasteiger partial charge in [-0.1, -0.05) is 18.2 Å². The van der Waals surface area contributed by atoms with Gasteiger partial charge in [-0.05, 0) is 45.7 Å². The summed E-state index contributed by atoms with van der Waals surface area (Å²) in [6, 6.07) is 4.01. The van der Waals surface area contributed by atoms with Crippen molar-refractivity contribution < 1.29 is 33.9 Å². The number of hydrogen-bond acceptors (Lipinski definition) is 7. The zero-order valence-electron chi connectivity index (χ0n) is 22.0. The topological polar surface area (TPSA) is 247 Å². The van der Waals surface area contributed by atoms with Crippen molar-refractivity contribution in [3.63, 3.8) is 0 Å². The van der Waals surface area contributed by atoms with Gasteiger partial charge in [0, 0.05) is 12.1 Å². The Hall–Kier alpha value is -4.69. The third kappa shape index (κ3) is 12.4. The van der Waals surface area contributed by atoms with E-state index in [1.807, 2.05) is 0 Å².